The Bertz CT molecular complexity index is 873. The van der Waals surface area contributed by atoms with Crippen molar-refractivity contribution in [3.63, 3.8) is 0 Å². The van der Waals surface area contributed by atoms with Gasteiger partial charge in [0, 0.05) is 37.0 Å². The van der Waals surface area contributed by atoms with E-state index >= 15 is 0 Å². The molecule has 1 fully saturated rings. The zero-order valence-corrected chi connectivity index (χ0v) is 18.1. The minimum atomic E-state index is 0. The molecule has 152 valence electrons. The predicted octanol–water partition coefficient (Wildman–Crippen LogP) is 2.98. The summed E-state index contributed by atoms with van der Waals surface area (Å²) in [6.07, 6.45) is 6.64. The van der Waals surface area contributed by atoms with Crippen LogP contribution < -0.4 is 15.5 Å². The zero-order chi connectivity index (χ0) is 18.8. The number of aryl methyl sites for hydroxylation is 2. The fourth-order valence-corrected chi connectivity index (χ4v) is 4.92. The van der Waals surface area contributed by atoms with Crippen molar-refractivity contribution in [3.8, 4) is 0 Å². The van der Waals surface area contributed by atoms with Gasteiger partial charge in [0.15, 0.2) is 0 Å². The maximum atomic E-state index is 12.6. The number of carbonyl (C=O) groups excluding carboxylic acids is 1. The number of rotatable bonds is 4. The summed E-state index contributed by atoms with van der Waals surface area (Å²) in [5.41, 5.74) is 2.62. The monoisotopic (exact) mass is 421 g/mol. The van der Waals surface area contributed by atoms with Crippen LogP contribution in [0.1, 0.15) is 29.7 Å². The first-order chi connectivity index (χ1) is 13.1. The van der Waals surface area contributed by atoms with Gasteiger partial charge in [-0.05, 0) is 45.2 Å². The van der Waals surface area contributed by atoms with Crippen LogP contribution in [0.2, 0.25) is 0 Å². The van der Waals surface area contributed by atoms with Crippen LogP contribution in [0.5, 0.6) is 0 Å². The maximum Gasteiger partial charge on any atom is 0.223 e. The molecule has 0 radical (unpaired) electrons. The van der Waals surface area contributed by atoms with Gasteiger partial charge in [-0.2, -0.15) is 0 Å². The third kappa shape index (κ3) is 4.31. The molecule has 2 aromatic rings. The molecular weight excluding hydrogens is 394 g/mol. The highest BCUT2D eigenvalue weighted by Gasteiger charge is 2.27. The molecule has 4 rings (SSSR count). The standard InChI is InChI=1S/C20H27N5OS.ClH/c1-13-14(2)27-20-17(13)18(23-12-24-20)25-9-5-16(6-10-25)19(26)22-11-15-3-7-21-8-4-15;/h3,12,16,21H,4-11H2,1-2H3,(H,22,26);1H. The molecule has 1 saturated heterocycles. The quantitative estimate of drug-likeness (QED) is 0.742. The number of anilines is 1. The Balaban J connectivity index is 0.00000225. The normalized spacial score (nSPS) is 17.9. The molecule has 0 saturated carbocycles. The summed E-state index contributed by atoms with van der Waals surface area (Å²) in [4.78, 5) is 26.3. The number of amides is 1. The van der Waals surface area contributed by atoms with Crippen molar-refractivity contribution < 1.29 is 4.79 Å². The van der Waals surface area contributed by atoms with Gasteiger partial charge in [0.2, 0.25) is 5.91 Å². The lowest BCUT2D eigenvalue weighted by molar-refractivity contribution is -0.125. The van der Waals surface area contributed by atoms with Gasteiger partial charge in [0.25, 0.3) is 0 Å². The summed E-state index contributed by atoms with van der Waals surface area (Å²) in [7, 11) is 0. The summed E-state index contributed by atoms with van der Waals surface area (Å²) in [5.74, 6) is 1.33. The molecule has 2 aromatic heterocycles. The fourth-order valence-electron chi connectivity index (χ4n) is 3.93. The van der Waals surface area contributed by atoms with Crippen molar-refractivity contribution in [2.24, 2.45) is 5.92 Å². The molecule has 0 aliphatic carbocycles. The van der Waals surface area contributed by atoms with E-state index in [1.165, 1.54) is 21.4 Å². The van der Waals surface area contributed by atoms with E-state index in [1.807, 2.05) is 0 Å². The average molecular weight is 422 g/mol. The molecule has 8 heteroatoms. The van der Waals surface area contributed by atoms with Gasteiger partial charge >= 0.3 is 0 Å². The van der Waals surface area contributed by atoms with Crippen molar-refractivity contribution >= 4 is 45.7 Å². The predicted molar refractivity (Wildman–Crippen MR) is 118 cm³/mol. The first kappa shape index (κ1) is 21.0. The molecule has 6 nitrogen and oxygen atoms in total. The Labute approximate surface area is 176 Å². The third-order valence-electron chi connectivity index (χ3n) is 5.76. The van der Waals surface area contributed by atoms with Crippen molar-refractivity contribution in [1.82, 2.24) is 20.6 Å². The molecule has 0 unspecified atom stereocenters. The number of fused-ring (bicyclic) bond motifs is 1. The Morgan fingerprint density at radius 3 is 2.82 bits per heavy atom. The van der Waals surface area contributed by atoms with Crippen LogP contribution >= 0.6 is 23.7 Å². The highest BCUT2D eigenvalue weighted by molar-refractivity contribution is 7.18. The van der Waals surface area contributed by atoms with E-state index in [9.17, 15) is 4.79 Å². The lowest BCUT2D eigenvalue weighted by atomic mass is 9.95. The number of nitrogens with one attached hydrogen (secondary N) is 2. The smallest absolute Gasteiger partial charge is 0.223 e. The first-order valence-corrected chi connectivity index (χ1v) is 10.6. The lowest BCUT2D eigenvalue weighted by Crippen LogP contribution is -2.41. The molecule has 1 amide bonds. The summed E-state index contributed by atoms with van der Waals surface area (Å²) >= 11 is 1.73. The second-order valence-corrected chi connectivity index (χ2v) is 8.66. The van der Waals surface area contributed by atoms with Gasteiger partial charge in [-0.1, -0.05) is 11.6 Å². The van der Waals surface area contributed by atoms with E-state index in [0.717, 1.165) is 56.1 Å². The zero-order valence-electron chi connectivity index (χ0n) is 16.5. The number of halogens is 1. The van der Waals surface area contributed by atoms with Gasteiger partial charge < -0.3 is 15.5 Å². The van der Waals surface area contributed by atoms with Crippen LogP contribution in [-0.2, 0) is 4.79 Å². The van der Waals surface area contributed by atoms with E-state index in [1.54, 1.807) is 17.7 Å². The van der Waals surface area contributed by atoms with Gasteiger partial charge in [0.1, 0.15) is 17.0 Å². The van der Waals surface area contributed by atoms with Crippen LogP contribution in [0.25, 0.3) is 10.2 Å². The molecule has 2 aliphatic heterocycles. The second-order valence-electron chi connectivity index (χ2n) is 7.46. The second kappa shape index (κ2) is 9.20. The van der Waals surface area contributed by atoms with Crippen LogP contribution in [-0.4, -0.2) is 48.6 Å². The third-order valence-corrected chi connectivity index (χ3v) is 6.87. The average Bonchev–Trinajstić information content (AvgIpc) is 3.01. The topological polar surface area (TPSA) is 70.2 Å². The number of thiophene rings is 1. The summed E-state index contributed by atoms with van der Waals surface area (Å²) < 4.78 is 0. The van der Waals surface area contributed by atoms with Crippen LogP contribution in [0.3, 0.4) is 0 Å². The van der Waals surface area contributed by atoms with Crippen LogP contribution in [0, 0.1) is 19.8 Å². The number of carbonyl (C=O) groups is 1. The van der Waals surface area contributed by atoms with Crippen molar-refractivity contribution in [1.29, 1.82) is 0 Å². The molecule has 4 heterocycles. The van der Waals surface area contributed by atoms with Crippen LogP contribution in [0.15, 0.2) is 18.0 Å². The SMILES string of the molecule is Cc1sc2ncnc(N3CCC(C(=O)NCC4=CCNCC4)CC3)c2c1C.Cl. The molecule has 2 aliphatic rings. The molecule has 0 bridgehead atoms. The number of nitrogens with zero attached hydrogens (tertiary/aromatic N) is 3. The fraction of sp³-hybridized carbons (Fsp3) is 0.550. The number of hydrogen-bond donors (Lipinski definition) is 2. The number of hydrogen-bond acceptors (Lipinski definition) is 6. The minimum Gasteiger partial charge on any atom is -0.356 e. The summed E-state index contributed by atoms with van der Waals surface area (Å²) in [6, 6.07) is 0. The summed E-state index contributed by atoms with van der Waals surface area (Å²) in [6.45, 7) is 8.64. The van der Waals surface area contributed by atoms with E-state index in [0.29, 0.717) is 6.54 Å². The van der Waals surface area contributed by atoms with E-state index in [4.69, 9.17) is 0 Å². The van der Waals surface area contributed by atoms with E-state index in [2.05, 4.69) is 45.4 Å². The first-order valence-electron chi connectivity index (χ1n) is 9.75. The molecule has 0 spiro atoms. The van der Waals surface area contributed by atoms with Crippen molar-refractivity contribution in [2.45, 2.75) is 33.1 Å². The number of piperidine rings is 1. The summed E-state index contributed by atoms with van der Waals surface area (Å²) in [5, 5.41) is 7.62. The Morgan fingerprint density at radius 2 is 2.11 bits per heavy atom. The van der Waals surface area contributed by atoms with Crippen molar-refractivity contribution in [2.75, 3.05) is 37.6 Å². The highest BCUT2D eigenvalue weighted by atomic mass is 35.5. The van der Waals surface area contributed by atoms with Gasteiger partial charge in [-0.15, -0.1) is 23.7 Å². The largest absolute Gasteiger partial charge is 0.356 e. The lowest BCUT2D eigenvalue weighted by Gasteiger charge is -2.32. The Hall–Kier alpha value is -1.70. The van der Waals surface area contributed by atoms with Crippen molar-refractivity contribution in [3.05, 3.63) is 28.4 Å². The van der Waals surface area contributed by atoms with Gasteiger partial charge in [-0.25, -0.2) is 9.97 Å². The van der Waals surface area contributed by atoms with Gasteiger partial charge in [0.05, 0.1) is 5.39 Å². The molecule has 2 N–H and O–H groups in total. The molecule has 0 aromatic carbocycles. The molecule has 28 heavy (non-hydrogen) atoms. The molecular formula is C20H28ClN5OS. The Kier molecular flexibility index (Phi) is 6.91. The maximum absolute atomic E-state index is 12.6. The van der Waals surface area contributed by atoms with Gasteiger partial charge in [-0.3, -0.25) is 4.79 Å². The van der Waals surface area contributed by atoms with Crippen LogP contribution in [0.4, 0.5) is 5.82 Å². The number of aromatic nitrogens is 2. The van der Waals surface area contributed by atoms with E-state index in [-0.39, 0.29) is 24.2 Å². The highest BCUT2D eigenvalue weighted by Crippen LogP contribution is 2.35. The minimum absolute atomic E-state index is 0. The Morgan fingerprint density at radius 1 is 1.32 bits per heavy atom. The molecule has 0 atom stereocenters. The van der Waals surface area contributed by atoms with E-state index < -0.39 is 0 Å².